The normalized spacial score (nSPS) is 16.1. The Labute approximate surface area is 117 Å². The highest BCUT2D eigenvalue weighted by Crippen LogP contribution is 2.32. The first-order chi connectivity index (χ1) is 9.58. The highest BCUT2D eigenvalue weighted by atomic mass is 16.6. The number of hydrogen-bond donors (Lipinski definition) is 0. The zero-order valence-corrected chi connectivity index (χ0v) is 11.7. The van der Waals surface area contributed by atoms with Crippen LogP contribution in [0.3, 0.4) is 0 Å². The molecule has 0 radical (unpaired) electrons. The summed E-state index contributed by atoms with van der Waals surface area (Å²) >= 11 is 0. The largest absolute Gasteiger partial charge is 0.349 e. The van der Waals surface area contributed by atoms with Crippen molar-refractivity contribution < 1.29 is 4.92 Å². The van der Waals surface area contributed by atoms with Gasteiger partial charge in [0.15, 0.2) is 0 Å². The van der Waals surface area contributed by atoms with E-state index >= 15 is 0 Å². The minimum absolute atomic E-state index is 0.0978. The molecule has 0 aliphatic carbocycles. The van der Waals surface area contributed by atoms with E-state index in [1.807, 2.05) is 16.7 Å². The van der Waals surface area contributed by atoms with Gasteiger partial charge in [-0.3, -0.25) is 15.0 Å². The molecule has 0 amide bonds. The van der Waals surface area contributed by atoms with Gasteiger partial charge in [0.05, 0.1) is 17.5 Å². The van der Waals surface area contributed by atoms with E-state index < -0.39 is 0 Å². The second-order valence-corrected chi connectivity index (χ2v) is 4.75. The summed E-state index contributed by atoms with van der Waals surface area (Å²) in [7, 11) is 0. The summed E-state index contributed by atoms with van der Waals surface area (Å²) in [6.45, 7) is 7.41. The van der Waals surface area contributed by atoms with E-state index in [9.17, 15) is 10.1 Å². The molecule has 8 heteroatoms. The van der Waals surface area contributed by atoms with Crippen LogP contribution in [0.2, 0.25) is 0 Å². The van der Waals surface area contributed by atoms with Gasteiger partial charge in [-0.05, 0) is 13.8 Å². The maximum absolute atomic E-state index is 11.3. The van der Waals surface area contributed by atoms with Crippen molar-refractivity contribution in [3.05, 3.63) is 15.8 Å². The Kier molecular flexibility index (Phi) is 4.20. The average Bonchev–Trinajstić information content (AvgIpc) is 2.77. The molecule has 0 unspecified atom stereocenters. The van der Waals surface area contributed by atoms with E-state index in [-0.39, 0.29) is 10.6 Å². The maximum Gasteiger partial charge on any atom is 0.333 e. The number of piperazine rings is 1. The van der Waals surface area contributed by atoms with Crippen LogP contribution in [-0.4, -0.2) is 52.3 Å². The second kappa shape index (κ2) is 5.88. The van der Waals surface area contributed by atoms with E-state index in [1.54, 1.807) is 11.6 Å². The first-order valence-corrected chi connectivity index (χ1v) is 6.64. The quantitative estimate of drug-likeness (QED) is 0.459. The predicted octanol–water partition coefficient (Wildman–Crippen LogP) is 0.765. The lowest BCUT2D eigenvalue weighted by atomic mass is 10.3. The van der Waals surface area contributed by atoms with Crippen molar-refractivity contribution >= 4 is 11.5 Å². The Balaban J connectivity index is 2.25. The lowest BCUT2D eigenvalue weighted by Crippen LogP contribution is -2.47. The molecule has 2 heterocycles. The summed E-state index contributed by atoms with van der Waals surface area (Å²) in [5.74, 6) is 0.589. The molecule has 1 aromatic heterocycles. The van der Waals surface area contributed by atoms with E-state index in [1.165, 1.54) is 0 Å². The molecular formula is C12H18N6O2. The fraction of sp³-hybridized carbons (Fsp3) is 0.667. The lowest BCUT2D eigenvalue weighted by molar-refractivity contribution is -0.384. The number of aryl methyl sites for hydroxylation is 2. The first kappa shape index (κ1) is 14.3. The molecule has 1 aliphatic heterocycles. The smallest absolute Gasteiger partial charge is 0.333 e. The molecule has 1 saturated heterocycles. The molecule has 0 N–H and O–H groups in total. The van der Waals surface area contributed by atoms with Crippen LogP contribution in [0.1, 0.15) is 12.6 Å². The minimum atomic E-state index is -0.356. The van der Waals surface area contributed by atoms with Crippen molar-refractivity contribution in [1.82, 2.24) is 14.7 Å². The van der Waals surface area contributed by atoms with Gasteiger partial charge in [-0.2, -0.15) is 10.4 Å². The van der Waals surface area contributed by atoms with Gasteiger partial charge in [0, 0.05) is 32.7 Å². The Morgan fingerprint density at radius 2 is 2.05 bits per heavy atom. The van der Waals surface area contributed by atoms with Crippen LogP contribution in [0.25, 0.3) is 0 Å². The van der Waals surface area contributed by atoms with Gasteiger partial charge < -0.3 is 4.90 Å². The van der Waals surface area contributed by atoms with Gasteiger partial charge in [-0.25, -0.2) is 4.68 Å². The summed E-state index contributed by atoms with van der Waals surface area (Å²) in [5, 5.41) is 24.2. The van der Waals surface area contributed by atoms with Crippen LogP contribution in [0.4, 0.5) is 11.5 Å². The Bertz CT molecular complexity index is 539. The van der Waals surface area contributed by atoms with E-state index in [0.717, 1.165) is 13.1 Å². The molecule has 1 fully saturated rings. The molecule has 0 bridgehead atoms. The van der Waals surface area contributed by atoms with Crippen LogP contribution in [0.5, 0.6) is 0 Å². The first-order valence-electron chi connectivity index (χ1n) is 6.64. The standard InChI is InChI=1S/C12H18N6O2/c1-3-17-12(11(18(19)20)10(2)14-17)16-8-6-15(5-4-13)7-9-16/h3,5-9H2,1-2H3. The van der Waals surface area contributed by atoms with Crippen molar-refractivity contribution in [2.75, 3.05) is 37.6 Å². The zero-order valence-electron chi connectivity index (χ0n) is 11.7. The minimum Gasteiger partial charge on any atom is -0.349 e. The van der Waals surface area contributed by atoms with Gasteiger partial charge >= 0.3 is 5.69 Å². The molecule has 2 rings (SSSR count). The third-order valence-electron chi connectivity index (χ3n) is 3.52. The van der Waals surface area contributed by atoms with Gasteiger partial charge in [-0.15, -0.1) is 0 Å². The second-order valence-electron chi connectivity index (χ2n) is 4.75. The fourth-order valence-electron chi connectivity index (χ4n) is 2.52. The molecule has 0 spiro atoms. The highest BCUT2D eigenvalue weighted by molar-refractivity contribution is 5.61. The van der Waals surface area contributed by atoms with Gasteiger partial charge in [0.1, 0.15) is 5.69 Å². The molecule has 0 aromatic carbocycles. The van der Waals surface area contributed by atoms with E-state index in [4.69, 9.17) is 5.26 Å². The number of nitriles is 1. The van der Waals surface area contributed by atoms with Crippen LogP contribution in [-0.2, 0) is 6.54 Å². The predicted molar refractivity (Wildman–Crippen MR) is 73.6 cm³/mol. The topological polar surface area (TPSA) is 91.2 Å². The number of nitrogens with zero attached hydrogens (tertiary/aromatic N) is 6. The molecule has 1 aliphatic rings. The third kappa shape index (κ3) is 2.58. The number of rotatable bonds is 4. The number of aromatic nitrogens is 2. The fourth-order valence-corrected chi connectivity index (χ4v) is 2.52. The zero-order chi connectivity index (χ0) is 14.7. The van der Waals surface area contributed by atoms with Crippen molar-refractivity contribution in [2.24, 2.45) is 0 Å². The number of nitro groups is 1. The van der Waals surface area contributed by atoms with Crippen LogP contribution < -0.4 is 4.90 Å². The summed E-state index contributed by atoms with van der Waals surface area (Å²) in [5.41, 5.74) is 0.548. The molecule has 8 nitrogen and oxygen atoms in total. The molecule has 0 atom stereocenters. The summed E-state index contributed by atoms with van der Waals surface area (Å²) in [4.78, 5) is 14.9. The Hall–Kier alpha value is -2.14. The van der Waals surface area contributed by atoms with Crippen LogP contribution in [0, 0.1) is 28.4 Å². The maximum atomic E-state index is 11.3. The molecule has 1 aromatic rings. The van der Waals surface area contributed by atoms with Crippen molar-refractivity contribution in [3.8, 4) is 6.07 Å². The molecule has 20 heavy (non-hydrogen) atoms. The molecular weight excluding hydrogens is 260 g/mol. The van der Waals surface area contributed by atoms with Crippen LogP contribution in [0.15, 0.2) is 0 Å². The molecule has 0 saturated carbocycles. The van der Waals surface area contributed by atoms with Crippen molar-refractivity contribution in [2.45, 2.75) is 20.4 Å². The Morgan fingerprint density at radius 3 is 2.55 bits per heavy atom. The van der Waals surface area contributed by atoms with Gasteiger partial charge in [0.2, 0.25) is 5.82 Å². The monoisotopic (exact) mass is 278 g/mol. The van der Waals surface area contributed by atoms with Gasteiger partial charge in [0.25, 0.3) is 0 Å². The van der Waals surface area contributed by atoms with Crippen LogP contribution >= 0.6 is 0 Å². The number of anilines is 1. The van der Waals surface area contributed by atoms with E-state index in [2.05, 4.69) is 11.2 Å². The lowest BCUT2D eigenvalue weighted by Gasteiger charge is -2.34. The van der Waals surface area contributed by atoms with Crippen molar-refractivity contribution in [3.63, 3.8) is 0 Å². The van der Waals surface area contributed by atoms with Crippen molar-refractivity contribution in [1.29, 1.82) is 5.26 Å². The highest BCUT2D eigenvalue weighted by Gasteiger charge is 2.30. The number of hydrogen-bond acceptors (Lipinski definition) is 6. The summed E-state index contributed by atoms with van der Waals surface area (Å²) in [6, 6.07) is 2.13. The SMILES string of the molecule is CCn1nc(C)c([N+](=O)[O-])c1N1CCN(CC#N)CC1. The summed E-state index contributed by atoms with van der Waals surface area (Å²) < 4.78 is 1.69. The van der Waals surface area contributed by atoms with Gasteiger partial charge in [-0.1, -0.05) is 0 Å². The molecule has 108 valence electrons. The van der Waals surface area contributed by atoms with E-state index in [0.29, 0.717) is 37.7 Å². The third-order valence-corrected chi connectivity index (χ3v) is 3.52. The summed E-state index contributed by atoms with van der Waals surface area (Å²) in [6.07, 6.45) is 0. The average molecular weight is 278 g/mol. The Morgan fingerprint density at radius 1 is 1.40 bits per heavy atom.